The van der Waals surface area contributed by atoms with Crippen LogP contribution in [0.3, 0.4) is 0 Å². The zero-order valence-electron chi connectivity index (χ0n) is 22.6. The van der Waals surface area contributed by atoms with Crippen molar-refractivity contribution in [1.82, 2.24) is 5.43 Å². The van der Waals surface area contributed by atoms with Gasteiger partial charge in [-0.15, -0.1) is 22.7 Å². The topological polar surface area (TPSA) is 96.9 Å². The summed E-state index contributed by atoms with van der Waals surface area (Å²) in [6, 6.07) is 24.4. The van der Waals surface area contributed by atoms with E-state index in [2.05, 4.69) is 47.7 Å². The summed E-state index contributed by atoms with van der Waals surface area (Å²) in [7, 11) is 0. The summed E-state index contributed by atoms with van der Waals surface area (Å²) in [6.07, 6.45) is 1.38. The molecule has 0 saturated heterocycles. The van der Waals surface area contributed by atoms with Gasteiger partial charge in [0.05, 0.1) is 16.3 Å². The first-order valence-electron chi connectivity index (χ1n) is 13.0. The van der Waals surface area contributed by atoms with E-state index < -0.39 is 11.9 Å². The molecular weight excluding hydrogens is 785 g/mol. The Bertz CT molecular complexity index is 2160. The van der Waals surface area contributed by atoms with E-state index in [0.717, 1.165) is 29.1 Å². The number of rotatable bonds is 7. The lowest BCUT2D eigenvalue weighted by Gasteiger charge is -2.07. The summed E-state index contributed by atoms with van der Waals surface area (Å²) in [5.74, 6) is -1.17. The van der Waals surface area contributed by atoms with Gasteiger partial charge in [0.1, 0.15) is 15.5 Å². The van der Waals surface area contributed by atoms with Crippen LogP contribution in [0.1, 0.15) is 35.3 Å². The van der Waals surface area contributed by atoms with Gasteiger partial charge < -0.3 is 10.1 Å². The predicted octanol–water partition coefficient (Wildman–Crippen LogP) is 10.2. The maximum absolute atomic E-state index is 13.0. The Balaban J connectivity index is 1.09. The fraction of sp³-hybridized carbons (Fsp3) is 0. The van der Waals surface area contributed by atoms with Gasteiger partial charge in [0.25, 0.3) is 11.8 Å². The van der Waals surface area contributed by atoms with Crippen LogP contribution in [0, 0.1) is 0 Å². The molecule has 0 aliphatic heterocycles. The highest BCUT2D eigenvalue weighted by molar-refractivity contribution is 9.10. The van der Waals surface area contributed by atoms with Gasteiger partial charge in [0.2, 0.25) is 0 Å². The summed E-state index contributed by atoms with van der Waals surface area (Å²) in [5, 5.41) is 9.14. The number of nitrogens with one attached hydrogen (secondary N) is 2. The second-order valence-electron chi connectivity index (χ2n) is 9.43. The largest absolute Gasteiger partial charge is 0.422 e. The van der Waals surface area contributed by atoms with Crippen molar-refractivity contribution in [3.8, 4) is 5.75 Å². The third kappa shape index (κ3) is 6.84. The molecule has 7 nitrogen and oxygen atoms in total. The van der Waals surface area contributed by atoms with E-state index in [0.29, 0.717) is 31.7 Å². The Morgan fingerprint density at radius 1 is 0.756 bits per heavy atom. The van der Waals surface area contributed by atoms with Crippen LogP contribution in [-0.4, -0.2) is 24.0 Å². The van der Waals surface area contributed by atoms with Crippen LogP contribution in [0.2, 0.25) is 10.0 Å². The lowest BCUT2D eigenvalue weighted by molar-refractivity contribution is 0.0739. The molecule has 0 saturated carbocycles. The van der Waals surface area contributed by atoms with Crippen molar-refractivity contribution in [3.63, 3.8) is 0 Å². The van der Waals surface area contributed by atoms with E-state index in [4.69, 9.17) is 27.9 Å². The molecule has 13 heteroatoms. The SMILES string of the molecule is O=C(N/N=C\c1ccccc1OC(=O)c1sc2cc(Br)ccc2c1Cl)c1ccc(NC(=O)c2sc3cc(Br)ccc3c2Cl)cc1. The molecule has 2 amide bonds. The highest BCUT2D eigenvalue weighted by Crippen LogP contribution is 2.38. The third-order valence-electron chi connectivity index (χ3n) is 6.47. The number of benzene rings is 4. The van der Waals surface area contributed by atoms with Crippen LogP contribution >= 0.6 is 77.7 Å². The van der Waals surface area contributed by atoms with E-state index >= 15 is 0 Å². The number of amides is 2. The number of esters is 1. The molecule has 2 N–H and O–H groups in total. The molecule has 6 rings (SSSR count). The van der Waals surface area contributed by atoms with Crippen molar-refractivity contribution in [3.05, 3.63) is 125 Å². The van der Waals surface area contributed by atoms with Crippen LogP contribution < -0.4 is 15.5 Å². The number of hydrogen-bond donors (Lipinski definition) is 2. The molecule has 45 heavy (non-hydrogen) atoms. The number of carbonyl (C=O) groups excluding carboxylic acids is 3. The minimum Gasteiger partial charge on any atom is -0.422 e. The smallest absolute Gasteiger partial charge is 0.355 e. The molecule has 0 atom stereocenters. The first-order chi connectivity index (χ1) is 21.7. The number of halogens is 4. The van der Waals surface area contributed by atoms with Crippen molar-refractivity contribution >= 4 is 128 Å². The molecule has 0 radical (unpaired) electrons. The minimum absolute atomic E-state index is 0.252. The Hall–Kier alpha value is -3.58. The highest BCUT2D eigenvalue weighted by atomic mass is 79.9. The standard InChI is InChI=1S/C32H17Br2Cl2N3O4S2/c33-18-7-11-21-24(13-18)44-28(26(21)35)31(41)38-20-9-5-16(6-10-20)30(40)39-37-15-17-3-1-2-4-23(17)43-32(42)29-27(36)22-12-8-19(34)14-25(22)45-29/h1-15H,(H,38,41)(H,39,40)/b37-15-. The summed E-state index contributed by atoms with van der Waals surface area (Å²) < 4.78 is 9.16. The molecule has 2 aromatic heterocycles. The van der Waals surface area contributed by atoms with Crippen molar-refractivity contribution in [2.45, 2.75) is 0 Å². The third-order valence-corrected chi connectivity index (χ3v) is 10.8. The summed E-state index contributed by atoms with van der Waals surface area (Å²) >= 11 is 22.3. The first-order valence-corrected chi connectivity index (χ1v) is 17.0. The number of anilines is 1. The number of ether oxygens (including phenoxy) is 1. The molecule has 0 aliphatic rings. The van der Waals surface area contributed by atoms with Gasteiger partial charge in [0, 0.05) is 45.9 Å². The Morgan fingerprint density at radius 2 is 1.36 bits per heavy atom. The number of hydrazone groups is 1. The zero-order valence-corrected chi connectivity index (χ0v) is 28.9. The van der Waals surface area contributed by atoms with Gasteiger partial charge in [-0.3, -0.25) is 9.59 Å². The zero-order chi connectivity index (χ0) is 31.7. The number of hydrogen-bond acceptors (Lipinski definition) is 7. The molecule has 0 bridgehead atoms. The number of thiophene rings is 2. The molecule has 0 fully saturated rings. The number of fused-ring (bicyclic) bond motifs is 2. The molecule has 224 valence electrons. The van der Waals surface area contributed by atoms with E-state index in [1.165, 1.54) is 28.9 Å². The monoisotopic (exact) mass is 799 g/mol. The maximum Gasteiger partial charge on any atom is 0.355 e. The Morgan fingerprint density at radius 3 is 2.02 bits per heavy atom. The molecule has 2 heterocycles. The molecular formula is C32H17Br2Cl2N3O4S2. The average Bonchev–Trinajstić information content (AvgIpc) is 3.53. The van der Waals surface area contributed by atoms with Gasteiger partial charge >= 0.3 is 5.97 Å². The quantitative estimate of drug-likeness (QED) is 0.0727. The van der Waals surface area contributed by atoms with E-state index in [9.17, 15) is 14.4 Å². The molecule has 0 spiro atoms. The molecule has 0 unspecified atom stereocenters. The fourth-order valence-corrected chi connectivity index (χ4v) is 8.20. The van der Waals surface area contributed by atoms with E-state index in [1.54, 1.807) is 48.5 Å². The summed E-state index contributed by atoms with van der Waals surface area (Å²) in [6.45, 7) is 0. The highest BCUT2D eigenvalue weighted by Gasteiger charge is 2.21. The Labute approximate surface area is 291 Å². The lowest BCUT2D eigenvalue weighted by Crippen LogP contribution is -2.18. The van der Waals surface area contributed by atoms with Crippen molar-refractivity contribution < 1.29 is 19.1 Å². The van der Waals surface area contributed by atoms with Crippen molar-refractivity contribution in [1.29, 1.82) is 0 Å². The summed E-state index contributed by atoms with van der Waals surface area (Å²) in [5.41, 5.74) is 3.75. The van der Waals surface area contributed by atoms with Gasteiger partial charge in [-0.2, -0.15) is 5.10 Å². The lowest BCUT2D eigenvalue weighted by atomic mass is 10.2. The first kappa shape index (κ1) is 31.4. The number of nitrogens with zero attached hydrogens (tertiary/aromatic N) is 1. The van der Waals surface area contributed by atoms with Crippen LogP contribution in [0.15, 0.2) is 99.0 Å². The van der Waals surface area contributed by atoms with E-state index in [-0.39, 0.29) is 16.5 Å². The predicted molar refractivity (Wildman–Crippen MR) is 190 cm³/mol. The van der Waals surface area contributed by atoms with Gasteiger partial charge in [-0.25, -0.2) is 10.2 Å². The van der Waals surface area contributed by atoms with Crippen LogP contribution in [0.5, 0.6) is 5.75 Å². The fourth-order valence-electron chi connectivity index (χ4n) is 4.30. The minimum atomic E-state index is -0.600. The normalized spacial score (nSPS) is 11.3. The Kier molecular flexibility index (Phi) is 9.36. The maximum atomic E-state index is 13.0. The van der Waals surface area contributed by atoms with Crippen LogP contribution in [0.25, 0.3) is 20.2 Å². The van der Waals surface area contributed by atoms with Crippen molar-refractivity contribution in [2.24, 2.45) is 5.10 Å². The molecule has 4 aromatic carbocycles. The second-order valence-corrected chi connectivity index (χ2v) is 14.1. The van der Waals surface area contributed by atoms with Crippen molar-refractivity contribution in [2.75, 3.05) is 5.32 Å². The average molecular weight is 802 g/mol. The van der Waals surface area contributed by atoms with Crippen LogP contribution in [0.4, 0.5) is 5.69 Å². The van der Waals surface area contributed by atoms with Gasteiger partial charge in [-0.05, 0) is 60.7 Å². The molecule has 0 aliphatic carbocycles. The van der Waals surface area contributed by atoms with Crippen LogP contribution in [-0.2, 0) is 0 Å². The van der Waals surface area contributed by atoms with Gasteiger partial charge in [-0.1, -0.05) is 79.3 Å². The summed E-state index contributed by atoms with van der Waals surface area (Å²) in [4.78, 5) is 39.3. The second kappa shape index (κ2) is 13.4. The van der Waals surface area contributed by atoms with Gasteiger partial charge in [0.15, 0.2) is 0 Å². The number of carbonyl (C=O) groups is 3. The van der Waals surface area contributed by atoms with E-state index in [1.807, 2.05) is 36.4 Å². The molecule has 6 aromatic rings. The number of para-hydroxylation sites is 1.